The quantitative estimate of drug-likeness (QED) is 0.669. The lowest BCUT2D eigenvalue weighted by molar-refractivity contribution is -0.113. The molecule has 0 aliphatic heterocycles. The number of benzene rings is 2. The fourth-order valence-corrected chi connectivity index (χ4v) is 3.57. The maximum Gasteiger partial charge on any atom is 0.234 e. The van der Waals surface area contributed by atoms with Crippen molar-refractivity contribution < 1.29 is 4.79 Å². The van der Waals surface area contributed by atoms with Crippen molar-refractivity contribution in [1.82, 2.24) is 9.55 Å². The number of fused-ring (bicyclic) bond motifs is 1. The molecule has 3 rings (SSSR count). The molecule has 0 atom stereocenters. The van der Waals surface area contributed by atoms with Gasteiger partial charge in [-0.15, -0.1) is 0 Å². The molecule has 3 aromatic rings. The smallest absolute Gasteiger partial charge is 0.234 e. The summed E-state index contributed by atoms with van der Waals surface area (Å²) in [4.78, 5) is 16.9. The van der Waals surface area contributed by atoms with E-state index in [9.17, 15) is 4.79 Å². The van der Waals surface area contributed by atoms with Crippen LogP contribution in [0.5, 0.6) is 0 Å². The van der Waals surface area contributed by atoms with Crippen molar-refractivity contribution in [3.05, 3.63) is 53.1 Å². The number of aryl methyl sites for hydroxylation is 2. The first-order chi connectivity index (χ1) is 11.6. The Hall–Kier alpha value is -1.98. The third-order valence-corrected chi connectivity index (χ3v) is 4.95. The van der Waals surface area contributed by atoms with Crippen LogP contribution in [0.15, 0.2) is 47.6 Å². The van der Waals surface area contributed by atoms with E-state index in [1.54, 1.807) is 6.07 Å². The van der Waals surface area contributed by atoms with E-state index in [4.69, 9.17) is 11.6 Å². The van der Waals surface area contributed by atoms with Crippen molar-refractivity contribution in [3.8, 4) is 0 Å². The van der Waals surface area contributed by atoms with Crippen LogP contribution in [-0.4, -0.2) is 21.2 Å². The van der Waals surface area contributed by atoms with Gasteiger partial charge in [0, 0.05) is 17.3 Å². The van der Waals surface area contributed by atoms with Crippen LogP contribution in [0.3, 0.4) is 0 Å². The normalized spacial score (nSPS) is 11.0. The summed E-state index contributed by atoms with van der Waals surface area (Å²) >= 11 is 7.43. The summed E-state index contributed by atoms with van der Waals surface area (Å²) < 4.78 is 2.12. The number of thioether (sulfide) groups is 1. The number of halogens is 1. The summed E-state index contributed by atoms with van der Waals surface area (Å²) in [6.45, 7) is 4.83. The lowest BCUT2D eigenvalue weighted by Crippen LogP contribution is -2.15. The summed E-state index contributed by atoms with van der Waals surface area (Å²) in [5.74, 6) is 0.231. The first kappa shape index (κ1) is 16.9. The molecular weight excluding hydrogens is 342 g/mol. The van der Waals surface area contributed by atoms with Gasteiger partial charge in [-0.25, -0.2) is 4.98 Å². The van der Waals surface area contributed by atoms with Gasteiger partial charge < -0.3 is 9.88 Å². The minimum absolute atomic E-state index is 0.0694. The number of anilines is 1. The molecule has 1 aromatic heterocycles. The highest BCUT2D eigenvalue weighted by molar-refractivity contribution is 7.99. The van der Waals surface area contributed by atoms with Crippen LogP contribution < -0.4 is 5.32 Å². The fourth-order valence-electron chi connectivity index (χ4n) is 2.51. The monoisotopic (exact) mass is 359 g/mol. The highest BCUT2D eigenvalue weighted by atomic mass is 35.5. The highest BCUT2D eigenvalue weighted by Crippen LogP contribution is 2.25. The number of hydrogen-bond acceptors (Lipinski definition) is 3. The number of carbonyl (C=O) groups is 1. The lowest BCUT2D eigenvalue weighted by atomic mass is 10.2. The number of carbonyl (C=O) groups excluding carboxylic acids is 1. The molecule has 0 aliphatic carbocycles. The van der Waals surface area contributed by atoms with Crippen molar-refractivity contribution in [2.45, 2.75) is 25.5 Å². The van der Waals surface area contributed by atoms with Crippen molar-refractivity contribution >= 4 is 46.0 Å². The Kier molecular flexibility index (Phi) is 5.11. The molecule has 0 spiro atoms. The third kappa shape index (κ3) is 3.57. The average molecular weight is 360 g/mol. The van der Waals surface area contributed by atoms with Crippen molar-refractivity contribution in [2.24, 2.45) is 0 Å². The van der Waals surface area contributed by atoms with Crippen LogP contribution in [0.25, 0.3) is 11.0 Å². The van der Waals surface area contributed by atoms with Gasteiger partial charge in [0.05, 0.1) is 16.8 Å². The number of para-hydroxylation sites is 2. The standard InChI is InChI=1S/C18H18ClN3OS/c1-3-22-16-7-5-4-6-14(16)21-18(22)24-11-17(23)20-15-10-13(19)9-8-12(15)2/h4-10H,3,11H2,1-2H3,(H,20,23). The molecule has 1 N–H and O–H groups in total. The SMILES string of the molecule is CCn1c(SCC(=O)Nc2cc(Cl)ccc2C)nc2ccccc21. The van der Waals surface area contributed by atoms with Gasteiger partial charge in [0.15, 0.2) is 5.16 Å². The first-order valence-corrected chi connectivity index (χ1v) is 9.09. The topological polar surface area (TPSA) is 46.9 Å². The zero-order valence-corrected chi connectivity index (χ0v) is 15.1. The van der Waals surface area contributed by atoms with Gasteiger partial charge >= 0.3 is 0 Å². The Morgan fingerprint density at radius 3 is 2.88 bits per heavy atom. The molecule has 0 saturated heterocycles. The molecule has 2 aromatic carbocycles. The van der Waals surface area contributed by atoms with Crippen LogP contribution in [0.4, 0.5) is 5.69 Å². The molecular formula is C18H18ClN3OS. The van der Waals surface area contributed by atoms with Crippen molar-refractivity contribution in [1.29, 1.82) is 0 Å². The molecule has 0 radical (unpaired) electrons. The van der Waals surface area contributed by atoms with Gasteiger partial charge in [0.25, 0.3) is 0 Å². The number of nitrogens with one attached hydrogen (secondary N) is 1. The van der Waals surface area contributed by atoms with Crippen LogP contribution in [0, 0.1) is 6.92 Å². The molecule has 0 fully saturated rings. The molecule has 0 aliphatic rings. The Morgan fingerprint density at radius 1 is 1.29 bits per heavy atom. The zero-order valence-electron chi connectivity index (χ0n) is 13.5. The van der Waals surface area contributed by atoms with Gasteiger partial charge in [0.2, 0.25) is 5.91 Å². The summed E-state index contributed by atoms with van der Waals surface area (Å²) in [6.07, 6.45) is 0. The molecule has 4 nitrogen and oxygen atoms in total. The second-order valence-corrected chi connectivity index (χ2v) is 6.80. The second kappa shape index (κ2) is 7.28. The Morgan fingerprint density at radius 2 is 2.08 bits per heavy atom. The Bertz CT molecular complexity index is 891. The Labute approximate surface area is 150 Å². The predicted molar refractivity (Wildman–Crippen MR) is 101 cm³/mol. The number of amides is 1. The van der Waals surface area contributed by atoms with Crippen LogP contribution in [-0.2, 0) is 11.3 Å². The number of nitrogens with zero attached hydrogens (tertiary/aromatic N) is 2. The maximum absolute atomic E-state index is 12.3. The van der Waals surface area contributed by atoms with E-state index in [0.29, 0.717) is 10.8 Å². The number of hydrogen-bond donors (Lipinski definition) is 1. The van der Waals surface area contributed by atoms with Crippen molar-refractivity contribution in [3.63, 3.8) is 0 Å². The van der Waals surface area contributed by atoms with E-state index in [1.165, 1.54) is 11.8 Å². The van der Waals surface area contributed by atoms with Crippen LogP contribution >= 0.6 is 23.4 Å². The Balaban J connectivity index is 1.71. The fraction of sp³-hybridized carbons (Fsp3) is 0.222. The van der Waals surface area contributed by atoms with Gasteiger partial charge in [-0.3, -0.25) is 4.79 Å². The molecule has 0 bridgehead atoms. The molecule has 124 valence electrons. The first-order valence-electron chi connectivity index (χ1n) is 7.72. The van der Waals surface area contributed by atoms with Gasteiger partial charge in [0.1, 0.15) is 0 Å². The summed E-state index contributed by atoms with van der Waals surface area (Å²) in [7, 11) is 0. The van der Waals surface area contributed by atoms with E-state index in [2.05, 4.69) is 21.8 Å². The molecule has 1 amide bonds. The number of aromatic nitrogens is 2. The minimum Gasteiger partial charge on any atom is -0.325 e. The number of imidazole rings is 1. The maximum atomic E-state index is 12.3. The van der Waals surface area contributed by atoms with Crippen LogP contribution in [0.2, 0.25) is 5.02 Å². The molecule has 1 heterocycles. The summed E-state index contributed by atoms with van der Waals surface area (Å²) in [6, 6.07) is 13.5. The van der Waals surface area contributed by atoms with E-state index in [-0.39, 0.29) is 5.91 Å². The number of rotatable bonds is 5. The summed E-state index contributed by atoms with van der Waals surface area (Å²) in [5, 5.41) is 4.38. The van der Waals surface area contributed by atoms with E-state index >= 15 is 0 Å². The third-order valence-electron chi connectivity index (χ3n) is 3.74. The minimum atomic E-state index is -0.0694. The van der Waals surface area contributed by atoms with E-state index in [1.807, 2.05) is 43.3 Å². The van der Waals surface area contributed by atoms with Crippen molar-refractivity contribution in [2.75, 3.05) is 11.1 Å². The van der Waals surface area contributed by atoms with E-state index < -0.39 is 0 Å². The second-order valence-electron chi connectivity index (χ2n) is 5.42. The predicted octanol–water partition coefficient (Wildman–Crippen LogP) is 4.75. The zero-order chi connectivity index (χ0) is 17.1. The van der Waals surface area contributed by atoms with E-state index in [0.717, 1.165) is 34.0 Å². The summed E-state index contributed by atoms with van der Waals surface area (Å²) in [5.41, 5.74) is 3.78. The van der Waals surface area contributed by atoms with Gasteiger partial charge in [-0.2, -0.15) is 0 Å². The lowest BCUT2D eigenvalue weighted by Gasteiger charge is -2.09. The molecule has 6 heteroatoms. The highest BCUT2D eigenvalue weighted by Gasteiger charge is 2.12. The average Bonchev–Trinajstić information content (AvgIpc) is 2.94. The molecule has 24 heavy (non-hydrogen) atoms. The van der Waals surface area contributed by atoms with Gasteiger partial charge in [-0.1, -0.05) is 41.6 Å². The van der Waals surface area contributed by atoms with Crippen LogP contribution in [0.1, 0.15) is 12.5 Å². The molecule has 0 saturated carbocycles. The van der Waals surface area contributed by atoms with Gasteiger partial charge in [-0.05, 0) is 43.7 Å². The molecule has 0 unspecified atom stereocenters. The largest absolute Gasteiger partial charge is 0.325 e.